The highest BCUT2D eigenvalue weighted by Crippen LogP contribution is 2.25. The van der Waals surface area contributed by atoms with Crippen molar-refractivity contribution in [3.63, 3.8) is 0 Å². The van der Waals surface area contributed by atoms with Crippen LogP contribution in [0.25, 0.3) is 0 Å². The number of rotatable bonds is 5. The van der Waals surface area contributed by atoms with Gasteiger partial charge in [-0.25, -0.2) is 8.42 Å². The molecule has 0 radical (unpaired) electrons. The molecular formula is C22H28N2O3S. The van der Waals surface area contributed by atoms with E-state index in [9.17, 15) is 13.2 Å². The van der Waals surface area contributed by atoms with Crippen molar-refractivity contribution in [3.05, 3.63) is 59.7 Å². The number of nitrogens with zero attached hydrogens (tertiary/aromatic N) is 1. The number of benzene rings is 2. The standard InChI is InChI=1S/C22H28N2O3S/c1-16-11-13-19(14-12-16)24(3)28(26,27)20-9-6-8-18(15-20)22(25)23-21-10-5-4-7-17(21)2/h6,8-9,11-15,17,21H,4-5,7,10H2,1-3H3,(H,23,25). The van der Waals surface area contributed by atoms with Crippen LogP contribution in [0.5, 0.6) is 0 Å². The molecule has 2 aromatic carbocycles. The van der Waals surface area contributed by atoms with Crippen LogP contribution >= 0.6 is 0 Å². The van der Waals surface area contributed by atoms with Gasteiger partial charge in [-0.05, 0) is 56.0 Å². The molecule has 3 rings (SSSR count). The molecule has 0 aromatic heterocycles. The predicted molar refractivity (Wildman–Crippen MR) is 112 cm³/mol. The Kier molecular flexibility index (Phi) is 6.08. The van der Waals surface area contributed by atoms with Crippen molar-refractivity contribution in [2.24, 2.45) is 5.92 Å². The molecule has 5 nitrogen and oxygen atoms in total. The molecule has 1 aliphatic rings. The van der Waals surface area contributed by atoms with Crippen molar-refractivity contribution >= 4 is 21.6 Å². The minimum Gasteiger partial charge on any atom is -0.349 e. The lowest BCUT2D eigenvalue weighted by Gasteiger charge is -2.29. The Bertz CT molecular complexity index is 939. The van der Waals surface area contributed by atoms with Crippen molar-refractivity contribution in [1.82, 2.24) is 5.32 Å². The fourth-order valence-electron chi connectivity index (χ4n) is 3.63. The summed E-state index contributed by atoms with van der Waals surface area (Å²) in [5.41, 5.74) is 2.01. The largest absolute Gasteiger partial charge is 0.349 e. The minimum atomic E-state index is -3.75. The summed E-state index contributed by atoms with van der Waals surface area (Å²) >= 11 is 0. The second-order valence-corrected chi connectivity index (χ2v) is 9.65. The SMILES string of the molecule is Cc1ccc(N(C)S(=O)(=O)c2cccc(C(=O)NC3CCCCC3C)c2)cc1. The van der Waals surface area contributed by atoms with Crippen LogP contribution in [0.4, 0.5) is 5.69 Å². The molecule has 2 aromatic rings. The third kappa shape index (κ3) is 4.38. The molecule has 28 heavy (non-hydrogen) atoms. The Hall–Kier alpha value is -2.34. The summed E-state index contributed by atoms with van der Waals surface area (Å²) in [4.78, 5) is 12.8. The topological polar surface area (TPSA) is 66.5 Å². The van der Waals surface area contributed by atoms with E-state index in [0.717, 1.165) is 24.8 Å². The molecule has 0 bridgehead atoms. The molecule has 2 atom stereocenters. The number of nitrogens with one attached hydrogen (secondary N) is 1. The number of anilines is 1. The maximum absolute atomic E-state index is 13.0. The lowest BCUT2D eigenvalue weighted by molar-refractivity contribution is 0.0910. The summed E-state index contributed by atoms with van der Waals surface area (Å²) in [7, 11) is -2.23. The number of hydrogen-bond acceptors (Lipinski definition) is 3. The number of carbonyl (C=O) groups excluding carboxylic acids is 1. The quantitative estimate of drug-likeness (QED) is 0.821. The number of sulfonamides is 1. The van der Waals surface area contributed by atoms with E-state index in [4.69, 9.17) is 0 Å². The van der Waals surface area contributed by atoms with Gasteiger partial charge in [0.1, 0.15) is 0 Å². The second-order valence-electron chi connectivity index (χ2n) is 7.68. The summed E-state index contributed by atoms with van der Waals surface area (Å²) in [6.45, 7) is 4.11. The highest BCUT2D eigenvalue weighted by atomic mass is 32.2. The van der Waals surface area contributed by atoms with E-state index >= 15 is 0 Å². The first-order valence-electron chi connectivity index (χ1n) is 9.75. The van der Waals surface area contributed by atoms with Gasteiger partial charge >= 0.3 is 0 Å². The molecule has 2 unspecified atom stereocenters. The van der Waals surface area contributed by atoms with Gasteiger partial charge in [0.2, 0.25) is 0 Å². The zero-order chi connectivity index (χ0) is 20.3. The molecule has 1 N–H and O–H groups in total. The van der Waals surface area contributed by atoms with Gasteiger partial charge in [-0.1, -0.05) is 43.5 Å². The fraction of sp³-hybridized carbons (Fsp3) is 0.409. The van der Waals surface area contributed by atoms with Crippen molar-refractivity contribution in [2.75, 3.05) is 11.4 Å². The van der Waals surface area contributed by atoms with Crippen LogP contribution in [0, 0.1) is 12.8 Å². The summed E-state index contributed by atoms with van der Waals surface area (Å²) in [6.07, 6.45) is 4.40. The van der Waals surface area contributed by atoms with Crippen LogP contribution in [0.3, 0.4) is 0 Å². The molecule has 1 fully saturated rings. The van der Waals surface area contributed by atoms with E-state index in [1.807, 2.05) is 19.1 Å². The highest BCUT2D eigenvalue weighted by Gasteiger charge is 2.25. The van der Waals surface area contributed by atoms with Gasteiger partial charge in [0.15, 0.2) is 0 Å². The normalized spacial score (nSPS) is 19.8. The molecule has 1 saturated carbocycles. The second kappa shape index (κ2) is 8.35. The molecular weight excluding hydrogens is 372 g/mol. The number of carbonyl (C=O) groups is 1. The molecule has 1 aliphatic carbocycles. The lowest BCUT2D eigenvalue weighted by Crippen LogP contribution is -2.41. The van der Waals surface area contributed by atoms with Crippen molar-refractivity contribution in [2.45, 2.75) is 50.5 Å². The third-order valence-corrected chi connectivity index (χ3v) is 7.36. The van der Waals surface area contributed by atoms with E-state index in [1.54, 1.807) is 24.3 Å². The van der Waals surface area contributed by atoms with Crippen LogP contribution in [0.1, 0.15) is 48.5 Å². The van der Waals surface area contributed by atoms with Crippen molar-refractivity contribution in [1.29, 1.82) is 0 Å². The first-order valence-corrected chi connectivity index (χ1v) is 11.2. The molecule has 0 aliphatic heterocycles. The van der Waals surface area contributed by atoms with Gasteiger partial charge in [-0.15, -0.1) is 0 Å². The van der Waals surface area contributed by atoms with Crippen LogP contribution in [-0.2, 0) is 10.0 Å². The van der Waals surface area contributed by atoms with Gasteiger partial charge in [0.05, 0.1) is 10.6 Å². The molecule has 1 amide bonds. The molecule has 0 saturated heterocycles. The molecule has 0 heterocycles. The number of aryl methyl sites for hydroxylation is 1. The average molecular weight is 401 g/mol. The van der Waals surface area contributed by atoms with E-state index in [-0.39, 0.29) is 16.8 Å². The van der Waals surface area contributed by atoms with Gasteiger partial charge in [-0.3, -0.25) is 9.10 Å². The van der Waals surface area contributed by atoms with Crippen LogP contribution in [0.15, 0.2) is 53.4 Å². The predicted octanol–water partition coefficient (Wildman–Crippen LogP) is 4.13. The smallest absolute Gasteiger partial charge is 0.264 e. The Labute approximate surface area is 167 Å². The Balaban J connectivity index is 1.81. The summed E-state index contributed by atoms with van der Waals surface area (Å²) in [5, 5.41) is 3.08. The van der Waals surface area contributed by atoms with Gasteiger partial charge < -0.3 is 5.32 Å². The third-order valence-electron chi connectivity index (χ3n) is 5.58. The van der Waals surface area contributed by atoms with E-state index < -0.39 is 10.0 Å². The zero-order valence-electron chi connectivity index (χ0n) is 16.7. The summed E-state index contributed by atoms with van der Waals surface area (Å²) in [6, 6.07) is 13.7. The molecule has 0 spiro atoms. The van der Waals surface area contributed by atoms with Gasteiger partial charge in [0.25, 0.3) is 15.9 Å². The Morgan fingerprint density at radius 2 is 1.75 bits per heavy atom. The first kappa shape index (κ1) is 20.4. The van der Waals surface area contributed by atoms with Crippen LogP contribution in [0.2, 0.25) is 0 Å². The van der Waals surface area contributed by atoms with E-state index in [0.29, 0.717) is 17.2 Å². The fourth-order valence-corrected chi connectivity index (χ4v) is 4.87. The zero-order valence-corrected chi connectivity index (χ0v) is 17.5. The Morgan fingerprint density at radius 3 is 2.43 bits per heavy atom. The molecule has 6 heteroatoms. The Morgan fingerprint density at radius 1 is 1.07 bits per heavy atom. The van der Waals surface area contributed by atoms with E-state index in [1.165, 1.54) is 29.9 Å². The number of amides is 1. The highest BCUT2D eigenvalue weighted by molar-refractivity contribution is 7.92. The van der Waals surface area contributed by atoms with E-state index in [2.05, 4.69) is 12.2 Å². The first-order chi connectivity index (χ1) is 13.3. The maximum Gasteiger partial charge on any atom is 0.264 e. The van der Waals surface area contributed by atoms with Crippen molar-refractivity contribution < 1.29 is 13.2 Å². The van der Waals surface area contributed by atoms with Crippen LogP contribution < -0.4 is 9.62 Å². The summed E-state index contributed by atoms with van der Waals surface area (Å²) in [5.74, 6) is 0.228. The number of hydrogen-bond donors (Lipinski definition) is 1. The maximum atomic E-state index is 13.0. The van der Waals surface area contributed by atoms with Gasteiger partial charge in [0, 0.05) is 18.7 Å². The van der Waals surface area contributed by atoms with Crippen LogP contribution in [-0.4, -0.2) is 27.4 Å². The minimum absolute atomic E-state index is 0.111. The lowest BCUT2D eigenvalue weighted by atomic mass is 9.86. The van der Waals surface area contributed by atoms with Crippen molar-refractivity contribution in [3.8, 4) is 0 Å². The average Bonchev–Trinajstić information content (AvgIpc) is 2.70. The molecule has 150 valence electrons. The monoisotopic (exact) mass is 400 g/mol. The van der Waals surface area contributed by atoms with Gasteiger partial charge in [-0.2, -0.15) is 0 Å². The summed E-state index contributed by atoms with van der Waals surface area (Å²) < 4.78 is 27.3.